The van der Waals surface area contributed by atoms with E-state index in [4.69, 9.17) is 0 Å². The van der Waals surface area contributed by atoms with Gasteiger partial charge in [0.15, 0.2) is 0 Å². The molecule has 5 aliphatic carbocycles. The van der Waals surface area contributed by atoms with Crippen LogP contribution in [-0.2, 0) is 5.41 Å². The van der Waals surface area contributed by atoms with Crippen molar-refractivity contribution in [2.45, 2.75) is 37.5 Å². The highest BCUT2D eigenvalue weighted by Crippen LogP contribution is 2.69. The van der Waals surface area contributed by atoms with E-state index in [1.807, 2.05) is 0 Å². The Kier molecular flexibility index (Phi) is 6.30. The van der Waals surface area contributed by atoms with Gasteiger partial charge in [0.25, 0.3) is 0 Å². The number of hydrogen-bond acceptors (Lipinski definition) is 1. The smallest absolute Gasteiger partial charge is 0.0546 e. The van der Waals surface area contributed by atoms with Gasteiger partial charge in [-0.1, -0.05) is 133 Å². The van der Waals surface area contributed by atoms with Gasteiger partial charge in [-0.3, -0.25) is 0 Å². The number of fused-ring (bicyclic) bond motifs is 7. The normalized spacial score (nSPS) is 23.5. The van der Waals surface area contributed by atoms with Gasteiger partial charge < -0.3 is 4.90 Å². The van der Waals surface area contributed by atoms with E-state index in [0.717, 1.165) is 29.4 Å². The molecule has 0 aliphatic heterocycles. The van der Waals surface area contributed by atoms with Gasteiger partial charge >= 0.3 is 0 Å². The quantitative estimate of drug-likeness (QED) is 0.167. The summed E-state index contributed by atoms with van der Waals surface area (Å²) in [6.45, 7) is 0. The van der Waals surface area contributed by atoms with Crippen LogP contribution in [0.2, 0.25) is 0 Å². The Labute approximate surface area is 311 Å². The summed E-state index contributed by atoms with van der Waals surface area (Å²) < 4.78 is 0. The number of rotatable bonds is 4. The summed E-state index contributed by atoms with van der Waals surface area (Å²) in [7, 11) is 0. The molecule has 4 saturated carbocycles. The molecule has 13 rings (SSSR count). The van der Waals surface area contributed by atoms with Crippen LogP contribution in [0.5, 0.6) is 0 Å². The fourth-order valence-corrected chi connectivity index (χ4v) is 12.2. The molecule has 53 heavy (non-hydrogen) atoms. The van der Waals surface area contributed by atoms with Crippen molar-refractivity contribution in [2.75, 3.05) is 4.90 Å². The van der Waals surface area contributed by atoms with Crippen molar-refractivity contribution in [3.63, 3.8) is 0 Å². The van der Waals surface area contributed by atoms with E-state index in [1.54, 1.807) is 11.1 Å². The summed E-state index contributed by atoms with van der Waals surface area (Å²) in [5, 5.41) is 7.54. The highest BCUT2D eigenvalue weighted by Gasteiger charge is 2.61. The number of benzene rings is 8. The van der Waals surface area contributed by atoms with Crippen LogP contribution < -0.4 is 4.90 Å². The lowest BCUT2D eigenvalue weighted by atomic mass is 9.43. The van der Waals surface area contributed by atoms with E-state index in [-0.39, 0.29) is 5.41 Å². The lowest BCUT2D eigenvalue weighted by Gasteiger charge is -2.61. The molecule has 0 heterocycles. The molecule has 1 nitrogen and oxygen atoms in total. The van der Waals surface area contributed by atoms with Crippen LogP contribution in [0.25, 0.3) is 54.6 Å². The average Bonchev–Trinajstić information content (AvgIpc) is 3.50. The van der Waals surface area contributed by atoms with E-state index in [2.05, 4.69) is 169 Å². The summed E-state index contributed by atoms with van der Waals surface area (Å²) in [6.07, 6.45) is 7.17. The second-order valence-electron chi connectivity index (χ2n) is 16.5. The molecule has 254 valence electrons. The van der Waals surface area contributed by atoms with Crippen LogP contribution in [0, 0.1) is 23.7 Å². The Morgan fingerprint density at radius 2 is 1.00 bits per heavy atom. The molecule has 8 aromatic rings. The predicted octanol–water partition coefficient (Wildman–Crippen LogP) is 14.0. The maximum Gasteiger partial charge on any atom is 0.0546 e. The van der Waals surface area contributed by atoms with Crippen molar-refractivity contribution >= 4 is 49.4 Å². The molecule has 1 spiro atoms. The molecule has 4 fully saturated rings. The van der Waals surface area contributed by atoms with Gasteiger partial charge in [0.1, 0.15) is 0 Å². The SMILES string of the molecule is c1ccc2c(c1)-c1cc(-c3ccc(N(c4cccc5ccccc45)c4cc5ccccc5c5ccccc45)cc3)ccc1C21C2CC3CC(C2)CC1C3. The first-order valence-electron chi connectivity index (χ1n) is 19.8. The fraction of sp³-hybridized carbons (Fsp3) is 0.192. The third-order valence-electron chi connectivity index (χ3n) is 14.0. The maximum absolute atomic E-state index is 2.55. The zero-order valence-corrected chi connectivity index (χ0v) is 29.9. The maximum atomic E-state index is 2.55. The van der Waals surface area contributed by atoms with Gasteiger partial charge in [0, 0.05) is 21.9 Å². The molecular weight excluding hydrogens is 639 g/mol. The monoisotopic (exact) mass is 679 g/mol. The molecule has 0 aromatic heterocycles. The minimum atomic E-state index is 0.212. The van der Waals surface area contributed by atoms with Crippen LogP contribution in [0.1, 0.15) is 43.2 Å². The first-order valence-corrected chi connectivity index (χ1v) is 19.8. The largest absolute Gasteiger partial charge is 0.309 e. The van der Waals surface area contributed by atoms with Crippen molar-refractivity contribution in [1.82, 2.24) is 0 Å². The molecule has 5 aliphatic rings. The molecule has 0 saturated heterocycles. The van der Waals surface area contributed by atoms with Gasteiger partial charge in [0.2, 0.25) is 0 Å². The third kappa shape index (κ3) is 4.20. The van der Waals surface area contributed by atoms with Gasteiger partial charge in [0.05, 0.1) is 11.4 Å². The molecule has 0 unspecified atom stereocenters. The highest BCUT2D eigenvalue weighted by atomic mass is 15.1. The molecule has 0 atom stereocenters. The van der Waals surface area contributed by atoms with Crippen molar-refractivity contribution < 1.29 is 0 Å². The van der Waals surface area contributed by atoms with Crippen molar-refractivity contribution in [1.29, 1.82) is 0 Å². The predicted molar refractivity (Wildman–Crippen MR) is 222 cm³/mol. The Bertz CT molecular complexity index is 2720. The molecular formula is C52H41N. The highest BCUT2D eigenvalue weighted by molar-refractivity contribution is 6.15. The van der Waals surface area contributed by atoms with Crippen molar-refractivity contribution in [2.24, 2.45) is 23.7 Å². The van der Waals surface area contributed by atoms with E-state index >= 15 is 0 Å². The third-order valence-corrected chi connectivity index (χ3v) is 14.0. The van der Waals surface area contributed by atoms with Gasteiger partial charge in [-0.05, 0) is 141 Å². The Balaban J connectivity index is 1.01. The molecule has 0 N–H and O–H groups in total. The van der Waals surface area contributed by atoms with Crippen LogP contribution >= 0.6 is 0 Å². The number of nitrogens with zero attached hydrogens (tertiary/aromatic N) is 1. The van der Waals surface area contributed by atoms with E-state index in [0.29, 0.717) is 0 Å². The molecule has 4 bridgehead atoms. The minimum absolute atomic E-state index is 0.212. The van der Waals surface area contributed by atoms with Gasteiger partial charge in [-0.2, -0.15) is 0 Å². The fourth-order valence-electron chi connectivity index (χ4n) is 12.2. The molecule has 0 amide bonds. The topological polar surface area (TPSA) is 3.24 Å². The Morgan fingerprint density at radius 3 is 1.79 bits per heavy atom. The average molecular weight is 680 g/mol. The summed E-state index contributed by atoms with van der Waals surface area (Å²) in [5.74, 6) is 3.49. The van der Waals surface area contributed by atoms with Gasteiger partial charge in [-0.25, -0.2) is 0 Å². The van der Waals surface area contributed by atoms with Crippen molar-refractivity contribution in [3.05, 3.63) is 175 Å². The minimum Gasteiger partial charge on any atom is -0.309 e. The molecule has 1 heteroatoms. The summed E-state index contributed by atoms with van der Waals surface area (Å²) in [5.41, 5.74) is 12.5. The van der Waals surface area contributed by atoms with E-state index in [1.165, 1.54) is 98.1 Å². The van der Waals surface area contributed by atoms with E-state index < -0.39 is 0 Å². The lowest BCUT2D eigenvalue weighted by molar-refractivity contribution is -0.0399. The second-order valence-corrected chi connectivity index (χ2v) is 16.5. The zero-order chi connectivity index (χ0) is 34.7. The second kappa shape index (κ2) is 11.2. The first kappa shape index (κ1) is 29.9. The first-order chi connectivity index (χ1) is 26.2. The summed E-state index contributed by atoms with van der Waals surface area (Å²) >= 11 is 0. The van der Waals surface area contributed by atoms with Crippen LogP contribution in [-0.4, -0.2) is 0 Å². The summed E-state index contributed by atoms with van der Waals surface area (Å²) in [4.78, 5) is 2.48. The Morgan fingerprint density at radius 1 is 0.396 bits per heavy atom. The van der Waals surface area contributed by atoms with Crippen LogP contribution in [0.4, 0.5) is 17.1 Å². The Hall–Kier alpha value is -5.66. The number of hydrogen-bond donors (Lipinski definition) is 0. The molecule has 8 aromatic carbocycles. The number of anilines is 3. The lowest BCUT2D eigenvalue weighted by Crippen LogP contribution is -2.55. The van der Waals surface area contributed by atoms with Crippen LogP contribution in [0.3, 0.4) is 0 Å². The van der Waals surface area contributed by atoms with Crippen molar-refractivity contribution in [3.8, 4) is 22.3 Å². The standard InChI is InChI=1S/C52H41N/c1-4-14-43-36(10-1)12-9-19-50(43)53(51-32-38-11-2-3-13-42(38)44-15-5-6-17-46(44)51)41-23-20-35(21-24-41)37-22-25-49-47(31-37)45-16-7-8-18-48(45)52(49)39-27-33-26-34(29-39)30-40(52)28-33/h1-25,31-34,39-40H,26-30H2. The molecule has 0 radical (unpaired) electrons. The zero-order valence-electron chi connectivity index (χ0n) is 29.9. The van der Waals surface area contributed by atoms with E-state index in [9.17, 15) is 0 Å². The summed E-state index contributed by atoms with van der Waals surface area (Å²) in [6, 6.07) is 61.9. The van der Waals surface area contributed by atoms with Crippen LogP contribution in [0.15, 0.2) is 164 Å². The van der Waals surface area contributed by atoms with Gasteiger partial charge in [-0.15, -0.1) is 0 Å².